The van der Waals surface area contributed by atoms with Crippen molar-refractivity contribution in [2.24, 2.45) is 0 Å². The van der Waals surface area contributed by atoms with Gasteiger partial charge in [0.05, 0.1) is 12.4 Å². The van der Waals surface area contributed by atoms with E-state index in [0.717, 1.165) is 43.8 Å². The molecule has 2 aromatic carbocycles. The third kappa shape index (κ3) is 5.31. The van der Waals surface area contributed by atoms with Gasteiger partial charge in [-0.1, -0.05) is 18.2 Å². The first-order chi connectivity index (χ1) is 14.7. The predicted molar refractivity (Wildman–Crippen MR) is 109 cm³/mol. The van der Waals surface area contributed by atoms with Gasteiger partial charge in [-0.2, -0.15) is 0 Å². The molecule has 1 aliphatic carbocycles. The number of ether oxygens (including phenoxy) is 2. The molecule has 1 aliphatic rings. The van der Waals surface area contributed by atoms with E-state index < -0.39 is 5.82 Å². The highest BCUT2D eigenvalue weighted by atomic mass is 19.1. The fourth-order valence-electron chi connectivity index (χ4n) is 3.40. The van der Waals surface area contributed by atoms with Gasteiger partial charge in [-0.15, -0.1) is 0 Å². The second-order valence-electron chi connectivity index (χ2n) is 7.19. The first kappa shape index (κ1) is 19.8. The lowest BCUT2D eigenvalue weighted by molar-refractivity contribution is 0.0885. The van der Waals surface area contributed by atoms with Crippen LogP contribution in [0.4, 0.5) is 4.39 Å². The maximum Gasteiger partial charge on any atom is 0.316 e. The molecular weight excluding hydrogens is 385 g/mol. The van der Waals surface area contributed by atoms with Crippen LogP contribution < -0.4 is 14.8 Å². The van der Waals surface area contributed by atoms with Crippen molar-refractivity contribution in [2.75, 3.05) is 0 Å². The van der Waals surface area contributed by atoms with E-state index in [-0.39, 0.29) is 24.1 Å². The SMILES string of the molecule is O=C(NC1CCC(Oc2ncc(F)cn2)CC1)c1ccc(Oc2ccccc2)cc1. The van der Waals surface area contributed by atoms with Gasteiger partial charge in [0.2, 0.25) is 0 Å². The van der Waals surface area contributed by atoms with Gasteiger partial charge < -0.3 is 14.8 Å². The second kappa shape index (κ2) is 9.35. The highest BCUT2D eigenvalue weighted by molar-refractivity contribution is 5.94. The first-order valence-electron chi connectivity index (χ1n) is 9.94. The summed E-state index contributed by atoms with van der Waals surface area (Å²) in [6.45, 7) is 0. The molecule has 0 aliphatic heterocycles. The van der Waals surface area contributed by atoms with Crippen LogP contribution in [0.5, 0.6) is 17.5 Å². The van der Waals surface area contributed by atoms with E-state index in [1.54, 1.807) is 24.3 Å². The Morgan fingerprint density at radius 2 is 1.53 bits per heavy atom. The molecule has 0 saturated heterocycles. The number of hydrogen-bond acceptors (Lipinski definition) is 5. The topological polar surface area (TPSA) is 73.3 Å². The summed E-state index contributed by atoms with van der Waals surface area (Å²) < 4.78 is 24.3. The second-order valence-corrected chi connectivity index (χ2v) is 7.19. The molecule has 1 N–H and O–H groups in total. The quantitative estimate of drug-likeness (QED) is 0.650. The molecule has 1 fully saturated rings. The van der Waals surface area contributed by atoms with E-state index in [2.05, 4.69) is 15.3 Å². The highest BCUT2D eigenvalue weighted by Crippen LogP contribution is 2.24. The molecule has 30 heavy (non-hydrogen) atoms. The standard InChI is InChI=1S/C23H22FN3O3/c24-17-14-25-23(26-15-17)30-21-12-8-18(9-13-21)27-22(28)16-6-10-20(11-7-16)29-19-4-2-1-3-5-19/h1-7,10-11,14-15,18,21H,8-9,12-13H2,(H,27,28). The molecule has 1 heterocycles. The molecule has 0 spiro atoms. The van der Waals surface area contributed by atoms with Gasteiger partial charge in [0, 0.05) is 11.6 Å². The number of carbonyl (C=O) groups is 1. The van der Waals surface area contributed by atoms with Gasteiger partial charge in [-0.25, -0.2) is 14.4 Å². The number of para-hydroxylation sites is 1. The number of halogens is 1. The van der Waals surface area contributed by atoms with E-state index in [1.807, 2.05) is 30.3 Å². The third-order valence-electron chi connectivity index (χ3n) is 4.97. The van der Waals surface area contributed by atoms with Crippen LogP contribution in [-0.2, 0) is 0 Å². The zero-order valence-corrected chi connectivity index (χ0v) is 16.3. The van der Waals surface area contributed by atoms with Crippen molar-refractivity contribution in [3.63, 3.8) is 0 Å². The lowest BCUT2D eigenvalue weighted by Gasteiger charge is -2.28. The first-order valence-corrected chi connectivity index (χ1v) is 9.94. The Balaban J connectivity index is 1.25. The summed E-state index contributed by atoms with van der Waals surface area (Å²) in [7, 11) is 0. The van der Waals surface area contributed by atoms with Crippen LogP contribution in [0.25, 0.3) is 0 Å². The van der Waals surface area contributed by atoms with Gasteiger partial charge in [-0.3, -0.25) is 4.79 Å². The van der Waals surface area contributed by atoms with E-state index in [4.69, 9.17) is 9.47 Å². The average molecular weight is 407 g/mol. The monoisotopic (exact) mass is 407 g/mol. The Bertz CT molecular complexity index is 957. The Labute approximate surface area is 174 Å². The van der Waals surface area contributed by atoms with E-state index in [1.165, 1.54) is 0 Å². The number of amides is 1. The summed E-state index contributed by atoms with van der Waals surface area (Å²) in [6, 6.07) is 16.9. The number of hydrogen-bond donors (Lipinski definition) is 1. The van der Waals surface area contributed by atoms with Crippen LogP contribution in [0.2, 0.25) is 0 Å². The summed E-state index contributed by atoms with van der Waals surface area (Å²) in [5.74, 6) is 0.832. The predicted octanol–water partition coefficient (Wildman–Crippen LogP) is 4.53. The van der Waals surface area contributed by atoms with E-state index >= 15 is 0 Å². The molecule has 1 aromatic heterocycles. The number of carbonyl (C=O) groups excluding carboxylic acids is 1. The van der Waals surface area contributed by atoms with Crippen molar-refractivity contribution < 1.29 is 18.7 Å². The maximum atomic E-state index is 12.9. The van der Waals surface area contributed by atoms with Crippen molar-refractivity contribution in [1.29, 1.82) is 0 Å². The van der Waals surface area contributed by atoms with Crippen LogP contribution in [0, 0.1) is 5.82 Å². The fraction of sp³-hybridized carbons (Fsp3) is 0.261. The molecule has 0 unspecified atom stereocenters. The number of nitrogens with one attached hydrogen (secondary N) is 1. The van der Waals surface area contributed by atoms with Gasteiger partial charge in [0.25, 0.3) is 5.91 Å². The molecule has 3 aromatic rings. The molecule has 1 saturated carbocycles. The van der Waals surface area contributed by atoms with Gasteiger partial charge in [0.15, 0.2) is 5.82 Å². The van der Waals surface area contributed by atoms with Crippen molar-refractivity contribution in [1.82, 2.24) is 15.3 Å². The van der Waals surface area contributed by atoms with Crippen LogP contribution >= 0.6 is 0 Å². The molecule has 7 heteroatoms. The van der Waals surface area contributed by atoms with E-state index in [0.29, 0.717) is 11.3 Å². The lowest BCUT2D eigenvalue weighted by atomic mass is 9.92. The van der Waals surface area contributed by atoms with Gasteiger partial charge in [-0.05, 0) is 62.1 Å². The zero-order chi connectivity index (χ0) is 20.8. The summed E-state index contributed by atoms with van der Waals surface area (Å²) in [5, 5.41) is 3.08. The minimum atomic E-state index is -0.492. The maximum absolute atomic E-state index is 12.9. The Morgan fingerprint density at radius 3 is 2.20 bits per heavy atom. The number of rotatable bonds is 6. The van der Waals surface area contributed by atoms with Crippen LogP contribution in [0.3, 0.4) is 0 Å². The molecular formula is C23H22FN3O3. The molecule has 0 atom stereocenters. The third-order valence-corrected chi connectivity index (χ3v) is 4.97. The summed E-state index contributed by atoms with van der Waals surface area (Å²) in [5.41, 5.74) is 0.591. The highest BCUT2D eigenvalue weighted by Gasteiger charge is 2.24. The van der Waals surface area contributed by atoms with E-state index in [9.17, 15) is 9.18 Å². The molecule has 4 rings (SSSR count). The number of benzene rings is 2. The summed E-state index contributed by atoms with van der Waals surface area (Å²) >= 11 is 0. The normalized spacial score (nSPS) is 18.4. The number of nitrogens with zero attached hydrogens (tertiary/aromatic N) is 2. The minimum Gasteiger partial charge on any atom is -0.460 e. The molecule has 1 amide bonds. The van der Waals surface area contributed by atoms with Gasteiger partial charge >= 0.3 is 6.01 Å². The van der Waals surface area contributed by atoms with Crippen molar-refractivity contribution in [3.8, 4) is 17.5 Å². The van der Waals surface area contributed by atoms with Crippen LogP contribution in [0.1, 0.15) is 36.0 Å². The molecule has 154 valence electrons. The molecule has 6 nitrogen and oxygen atoms in total. The average Bonchev–Trinajstić information content (AvgIpc) is 2.78. The minimum absolute atomic E-state index is 0.0296. The van der Waals surface area contributed by atoms with Crippen molar-refractivity contribution in [2.45, 2.75) is 37.8 Å². The molecule has 0 radical (unpaired) electrons. The molecule has 0 bridgehead atoms. The lowest BCUT2D eigenvalue weighted by Crippen LogP contribution is -2.39. The zero-order valence-electron chi connectivity index (χ0n) is 16.3. The Hall–Kier alpha value is -3.48. The summed E-state index contributed by atoms with van der Waals surface area (Å²) in [4.78, 5) is 20.2. The van der Waals surface area contributed by atoms with Crippen LogP contribution in [0.15, 0.2) is 67.0 Å². The smallest absolute Gasteiger partial charge is 0.316 e. The van der Waals surface area contributed by atoms with Crippen molar-refractivity contribution >= 4 is 5.91 Å². The van der Waals surface area contributed by atoms with Crippen LogP contribution in [-0.4, -0.2) is 28.0 Å². The Morgan fingerprint density at radius 1 is 0.900 bits per heavy atom. The Kier molecular flexibility index (Phi) is 6.17. The largest absolute Gasteiger partial charge is 0.460 e. The summed E-state index contributed by atoms with van der Waals surface area (Å²) in [6.07, 6.45) is 5.29. The van der Waals surface area contributed by atoms with Gasteiger partial charge in [0.1, 0.15) is 17.6 Å². The fourth-order valence-corrected chi connectivity index (χ4v) is 3.40. The van der Waals surface area contributed by atoms with Crippen molar-refractivity contribution in [3.05, 3.63) is 78.4 Å². The number of aromatic nitrogens is 2.